The topological polar surface area (TPSA) is 39.4 Å². The Bertz CT molecular complexity index is 701. The average molecular weight is 301 g/mol. The van der Waals surface area contributed by atoms with E-state index >= 15 is 0 Å². The maximum atomic E-state index is 5.40. The Morgan fingerprint density at radius 2 is 2.10 bits per heavy atom. The van der Waals surface area contributed by atoms with E-state index in [0.29, 0.717) is 0 Å². The van der Waals surface area contributed by atoms with Crippen molar-refractivity contribution in [2.24, 2.45) is 0 Å². The third-order valence-corrected chi connectivity index (χ3v) is 4.44. The Hall–Kier alpha value is -1.88. The van der Waals surface area contributed by atoms with Crippen molar-refractivity contribution in [3.8, 4) is 17.0 Å². The molecule has 0 aliphatic rings. The highest BCUT2D eigenvalue weighted by Crippen LogP contribution is 2.30. The molecule has 2 heterocycles. The van der Waals surface area contributed by atoms with Crippen molar-refractivity contribution in [1.82, 2.24) is 14.6 Å². The van der Waals surface area contributed by atoms with Gasteiger partial charge in [0.15, 0.2) is 0 Å². The minimum absolute atomic E-state index is 0.839. The molecule has 110 valence electrons. The van der Waals surface area contributed by atoms with Crippen LogP contribution in [0.25, 0.3) is 16.2 Å². The van der Waals surface area contributed by atoms with Crippen LogP contribution in [0.2, 0.25) is 0 Å². The number of methoxy groups -OCH3 is 1. The fourth-order valence-electron chi connectivity index (χ4n) is 2.35. The number of hydrogen-bond acceptors (Lipinski definition) is 4. The van der Waals surface area contributed by atoms with E-state index in [0.717, 1.165) is 33.4 Å². The van der Waals surface area contributed by atoms with E-state index in [-0.39, 0.29) is 0 Å². The number of aromatic nitrogens is 3. The zero-order valence-electron chi connectivity index (χ0n) is 12.4. The van der Waals surface area contributed by atoms with Gasteiger partial charge in [-0.2, -0.15) is 5.10 Å². The van der Waals surface area contributed by atoms with Crippen molar-refractivity contribution < 1.29 is 4.74 Å². The minimum atomic E-state index is 0.839. The number of hydrogen-bond donors (Lipinski definition) is 0. The predicted molar refractivity (Wildman–Crippen MR) is 86.1 cm³/mol. The van der Waals surface area contributed by atoms with Crippen LogP contribution in [0.1, 0.15) is 31.2 Å². The summed E-state index contributed by atoms with van der Waals surface area (Å²) in [5.74, 6) is 0.839. The number of unbranched alkanes of at least 4 members (excludes halogenated alkanes) is 2. The molecule has 0 atom stereocenters. The number of ether oxygens (including phenoxy) is 1. The summed E-state index contributed by atoms with van der Waals surface area (Å²) in [5, 5.41) is 5.78. The van der Waals surface area contributed by atoms with Gasteiger partial charge < -0.3 is 4.74 Å². The molecule has 0 unspecified atom stereocenters. The molecule has 0 N–H and O–H groups in total. The van der Waals surface area contributed by atoms with Crippen LogP contribution < -0.4 is 4.74 Å². The van der Waals surface area contributed by atoms with Crippen molar-refractivity contribution in [3.05, 3.63) is 35.5 Å². The second-order valence-corrected chi connectivity index (χ2v) is 6.05. The molecule has 0 radical (unpaired) electrons. The van der Waals surface area contributed by atoms with E-state index in [9.17, 15) is 0 Å². The maximum absolute atomic E-state index is 5.40. The molecule has 0 spiro atoms. The first-order valence-electron chi connectivity index (χ1n) is 7.30. The van der Waals surface area contributed by atoms with Gasteiger partial charge in [-0.05, 0) is 18.6 Å². The molecule has 0 aliphatic carbocycles. The molecule has 0 amide bonds. The largest absolute Gasteiger partial charge is 0.496 e. The van der Waals surface area contributed by atoms with Gasteiger partial charge in [0.05, 0.1) is 19.0 Å². The van der Waals surface area contributed by atoms with Crippen LogP contribution in [-0.4, -0.2) is 21.7 Å². The normalized spacial score (nSPS) is 11.1. The van der Waals surface area contributed by atoms with Gasteiger partial charge in [-0.3, -0.25) is 0 Å². The number of para-hydroxylation sites is 1. The Balaban J connectivity index is 1.86. The summed E-state index contributed by atoms with van der Waals surface area (Å²) >= 11 is 1.68. The van der Waals surface area contributed by atoms with Crippen molar-refractivity contribution >= 4 is 16.3 Å². The van der Waals surface area contributed by atoms with Crippen LogP contribution in [0.5, 0.6) is 5.75 Å². The molecular formula is C16H19N3OS. The lowest BCUT2D eigenvalue weighted by atomic mass is 10.1. The molecule has 21 heavy (non-hydrogen) atoms. The van der Waals surface area contributed by atoms with E-state index in [4.69, 9.17) is 4.74 Å². The number of aryl methyl sites for hydroxylation is 1. The molecular weight excluding hydrogens is 282 g/mol. The van der Waals surface area contributed by atoms with Gasteiger partial charge in [0.1, 0.15) is 10.8 Å². The minimum Gasteiger partial charge on any atom is -0.496 e. The monoisotopic (exact) mass is 301 g/mol. The third kappa shape index (κ3) is 2.93. The molecule has 5 heteroatoms. The first-order valence-corrected chi connectivity index (χ1v) is 8.12. The van der Waals surface area contributed by atoms with Gasteiger partial charge >= 0.3 is 0 Å². The zero-order valence-corrected chi connectivity index (χ0v) is 13.2. The Kier molecular flexibility index (Phi) is 4.20. The molecule has 3 rings (SSSR count). The number of fused-ring (bicyclic) bond motifs is 1. The Labute approximate surface area is 128 Å². The van der Waals surface area contributed by atoms with Crippen LogP contribution in [0, 0.1) is 0 Å². The van der Waals surface area contributed by atoms with Crippen molar-refractivity contribution in [2.45, 2.75) is 32.6 Å². The van der Waals surface area contributed by atoms with E-state index in [1.165, 1.54) is 19.3 Å². The fourth-order valence-corrected chi connectivity index (χ4v) is 3.27. The summed E-state index contributed by atoms with van der Waals surface area (Å²) < 4.78 is 7.28. The smallest absolute Gasteiger partial charge is 0.212 e. The summed E-state index contributed by atoms with van der Waals surface area (Å²) in [7, 11) is 1.68. The van der Waals surface area contributed by atoms with Gasteiger partial charge in [0.2, 0.25) is 4.96 Å². The molecule has 0 aliphatic heterocycles. The Morgan fingerprint density at radius 1 is 1.24 bits per heavy atom. The lowest BCUT2D eigenvalue weighted by Gasteiger charge is -2.04. The first-order chi connectivity index (χ1) is 10.3. The maximum Gasteiger partial charge on any atom is 0.212 e. The van der Waals surface area contributed by atoms with Crippen LogP contribution in [0.4, 0.5) is 0 Å². The van der Waals surface area contributed by atoms with Gasteiger partial charge in [0.25, 0.3) is 0 Å². The number of benzene rings is 1. The van der Waals surface area contributed by atoms with Crippen molar-refractivity contribution in [1.29, 1.82) is 0 Å². The van der Waals surface area contributed by atoms with E-state index in [1.807, 2.05) is 35.0 Å². The van der Waals surface area contributed by atoms with E-state index in [1.54, 1.807) is 18.4 Å². The van der Waals surface area contributed by atoms with E-state index < -0.39 is 0 Å². The Morgan fingerprint density at radius 3 is 2.86 bits per heavy atom. The van der Waals surface area contributed by atoms with E-state index in [2.05, 4.69) is 17.0 Å². The van der Waals surface area contributed by atoms with Gasteiger partial charge in [-0.15, -0.1) is 0 Å². The molecule has 4 nitrogen and oxygen atoms in total. The lowest BCUT2D eigenvalue weighted by Crippen LogP contribution is -1.88. The van der Waals surface area contributed by atoms with Crippen molar-refractivity contribution in [2.75, 3.05) is 7.11 Å². The highest BCUT2D eigenvalue weighted by Gasteiger charge is 2.12. The number of rotatable bonds is 6. The third-order valence-electron chi connectivity index (χ3n) is 3.46. The second-order valence-electron chi connectivity index (χ2n) is 5.01. The van der Waals surface area contributed by atoms with Crippen molar-refractivity contribution in [3.63, 3.8) is 0 Å². The molecule has 3 aromatic rings. The summed E-state index contributed by atoms with van der Waals surface area (Å²) in [5.41, 5.74) is 1.91. The zero-order chi connectivity index (χ0) is 14.7. The van der Waals surface area contributed by atoms with Crippen LogP contribution in [-0.2, 0) is 6.42 Å². The first kappa shape index (κ1) is 14.1. The quantitative estimate of drug-likeness (QED) is 0.641. The summed E-state index contributed by atoms with van der Waals surface area (Å²) in [6, 6.07) is 7.93. The van der Waals surface area contributed by atoms with Gasteiger partial charge in [-0.1, -0.05) is 43.2 Å². The highest BCUT2D eigenvalue weighted by atomic mass is 32.1. The standard InChI is InChI=1S/C16H19N3OS/c1-3-4-5-10-15-18-19-11-13(17-16(19)21-15)12-8-6-7-9-14(12)20-2/h6-9,11H,3-5,10H2,1-2H3. The molecule has 0 fully saturated rings. The lowest BCUT2D eigenvalue weighted by molar-refractivity contribution is 0.416. The van der Waals surface area contributed by atoms with Crippen LogP contribution in [0.15, 0.2) is 30.5 Å². The van der Waals surface area contributed by atoms with Crippen LogP contribution in [0.3, 0.4) is 0 Å². The molecule has 0 saturated carbocycles. The second kappa shape index (κ2) is 6.26. The average Bonchev–Trinajstić information content (AvgIpc) is 3.05. The van der Waals surface area contributed by atoms with Crippen LogP contribution >= 0.6 is 11.3 Å². The summed E-state index contributed by atoms with van der Waals surface area (Å²) in [6.07, 6.45) is 6.72. The van der Waals surface area contributed by atoms with Gasteiger partial charge in [-0.25, -0.2) is 9.50 Å². The van der Waals surface area contributed by atoms with Gasteiger partial charge in [0, 0.05) is 12.0 Å². The molecule has 0 saturated heterocycles. The highest BCUT2D eigenvalue weighted by molar-refractivity contribution is 7.16. The number of imidazole rings is 1. The number of nitrogens with zero attached hydrogens (tertiary/aromatic N) is 3. The predicted octanol–water partition coefficient (Wildman–Crippen LogP) is 4.20. The molecule has 1 aromatic carbocycles. The summed E-state index contributed by atoms with van der Waals surface area (Å²) in [4.78, 5) is 5.63. The molecule has 0 bridgehead atoms. The SMILES string of the molecule is CCCCCc1nn2cc(-c3ccccc3OC)nc2s1. The fraction of sp³-hybridized carbons (Fsp3) is 0.375. The summed E-state index contributed by atoms with van der Waals surface area (Å²) in [6.45, 7) is 2.22. The molecule has 2 aromatic heterocycles.